The average molecular weight is 399 g/mol. The number of nitrogens with zero attached hydrogens (tertiary/aromatic N) is 1. The van der Waals surface area contributed by atoms with Gasteiger partial charge in [-0.1, -0.05) is 54.1 Å². The van der Waals surface area contributed by atoms with Crippen molar-refractivity contribution in [3.63, 3.8) is 0 Å². The molecule has 1 atom stereocenters. The summed E-state index contributed by atoms with van der Waals surface area (Å²) in [4.78, 5) is 18.9. The van der Waals surface area contributed by atoms with Crippen molar-refractivity contribution < 1.29 is 9.53 Å². The monoisotopic (exact) mass is 398 g/mol. The number of nitrogens with one attached hydrogen (secondary N) is 1. The van der Waals surface area contributed by atoms with Crippen LogP contribution >= 0.6 is 0 Å². The number of hydrogen-bond acceptors (Lipinski definition) is 2. The minimum atomic E-state index is -0.203. The number of hydrogen-bond donors (Lipinski definition) is 1. The standard InChI is InChI=1S/C26H26N2O2/c1-4-28(26(29)20-8-7-9-21(16-20)30-3)25(19-14-12-18(2)13-15-19)23-17-27-24-11-6-5-10-22(23)24/h5-17,25,27H,4H2,1-3H3. The third kappa shape index (κ3) is 3.69. The molecule has 0 aliphatic carbocycles. The van der Waals surface area contributed by atoms with E-state index in [1.165, 1.54) is 5.56 Å². The van der Waals surface area contributed by atoms with Crippen LogP contribution in [0, 0.1) is 6.92 Å². The highest BCUT2D eigenvalue weighted by Crippen LogP contribution is 2.35. The number of aromatic nitrogens is 1. The quantitative estimate of drug-likeness (QED) is 0.450. The molecule has 4 aromatic rings. The summed E-state index contributed by atoms with van der Waals surface area (Å²) in [6, 6.07) is 23.8. The number of fused-ring (bicyclic) bond motifs is 1. The van der Waals surface area contributed by atoms with E-state index in [4.69, 9.17) is 4.74 Å². The van der Waals surface area contributed by atoms with Crippen LogP contribution in [0.2, 0.25) is 0 Å². The molecule has 0 saturated heterocycles. The lowest BCUT2D eigenvalue weighted by Crippen LogP contribution is -2.35. The Morgan fingerprint density at radius 3 is 2.53 bits per heavy atom. The van der Waals surface area contributed by atoms with Crippen LogP contribution in [0.15, 0.2) is 79.0 Å². The number of rotatable bonds is 6. The van der Waals surface area contributed by atoms with E-state index in [1.54, 1.807) is 13.2 Å². The molecule has 3 aromatic carbocycles. The molecule has 4 heteroatoms. The van der Waals surface area contributed by atoms with Gasteiger partial charge in [0.25, 0.3) is 5.91 Å². The SMILES string of the molecule is CCN(C(=O)c1cccc(OC)c1)C(c1ccc(C)cc1)c1c[nH]c2ccccc12. The smallest absolute Gasteiger partial charge is 0.254 e. The maximum Gasteiger partial charge on any atom is 0.254 e. The zero-order valence-corrected chi connectivity index (χ0v) is 17.6. The average Bonchev–Trinajstić information content (AvgIpc) is 3.21. The lowest BCUT2D eigenvalue weighted by molar-refractivity contribution is 0.0717. The number of amides is 1. The van der Waals surface area contributed by atoms with Gasteiger partial charge in [0.2, 0.25) is 0 Å². The first-order valence-electron chi connectivity index (χ1n) is 10.2. The molecule has 1 heterocycles. The summed E-state index contributed by atoms with van der Waals surface area (Å²) in [6.07, 6.45) is 2.02. The normalized spacial score (nSPS) is 12.0. The summed E-state index contributed by atoms with van der Waals surface area (Å²) in [5.41, 5.74) is 5.05. The van der Waals surface area contributed by atoms with Gasteiger partial charge in [-0.25, -0.2) is 0 Å². The van der Waals surface area contributed by atoms with Crippen molar-refractivity contribution in [2.45, 2.75) is 19.9 Å². The molecule has 30 heavy (non-hydrogen) atoms. The summed E-state index contributed by atoms with van der Waals surface area (Å²) >= 11 is 0. The van der Waals surface area contributed by atoms with E-state index in [9.17, 15) is 4.79 Å². The van der Waals surface area contributed by atoms with E-state index < -0.39 is 0 Å². The molecule has 152 valence electrons. The number of H-pyrrole nitrogens is 1. The van der Waals surface area contributed by atoms with Crippen LogP contribution in [0.25, 0.3) is 10.9 Å². The number of methoxy groups -OCH3 is 1. The third-order valence-corrected chi connectivity index (χ3v) is 5.54. The van der Waals surface area contributed by atoms with Crippen molar-refractivity contribution in [2.75, 3.05) is 13.7 Å². The zero-order chi connectivity index (χ0) is 21.1. The van der Waals surface area contributed by atoms with Crippen molar-refractivity contribution in [1.82, 2.24) is 9.88 Å². The van der Waals surface area contributed by atoms with Crippen molar-refractivity contribution in [3.05, 3.63) is 101 Å². The first-order valence-corrected chi connectivity index (χ1v) is 10.2. The van der Waals surface area contributed by atoms with Gasteiger partial charge in [-0.3, -0.25) is 4.79 Å². The molecule has 0 aliphatic heterocycles. The summed E-state index contributed by atoms with van der Waals surface area (Å²) in [6.45, 7) is 4.67. The van der Waals surface area contributed by atoms with Crippen molar-refractivity contribution >= 4 is 16.8 Å². The maximum absolute atomic E-state index is 13.6. The van der Waals surface area contributed by atoms with Gasteiger partial charge >= 0.3 is 0 Å². The Bertz CT molecular complexity index is 1160. The highest BCUT2D eigenvalue weighted by molar-refractivity contribution is 5.96. The predicted octanol–water partition coefficient (Wildman–Crippen LogP) is 5.74. The number of carbonyl (C=O) groups excluding carboxylic acids is 1. The Hall–Kier alpha value is -3.53. The van der Waals surface area contributed by atoms with Gasteiger partial charge < -0.3 is 14.6 Å². The van der Waals surface area contributed by atoms with Crippen LogP contribution in [-0.2, 0) is 0 Å². The molecule has 1 unspecified atom stereocenters. The Morgan fingerprint density at radius 2 is 1.80 bits per heavy atom. The molecule has 1 aromatic heterocycles. The van der Waals surface area contributed by atoms with E-state index in [2.05, 4.69) is 48.3 Å². The fourth-order valence-corrected chi connectivity index (χ4v) is 3.96. The van der Waals surface area contributed by atoms with E-state index in [1.807, 2.05) is 48.4 Å². The van der Waals surface area contributed by atoms with Crippen LogP contribution in [-0.4, -0.2) is 29.4 Å². The predicted molar refractivity (Wildman–Crippen MR) is 121 cm³/mol. The second kappa shape index (κ2) is 8.46. The number of benzene rings is 3. The molecule has 0 spiro atoms. The van der Waals surface area contributed by atoms with Crippen molar-refractivity contribution in [3.8, 4) is 5.75 Å². The number of ether oxygens (including phenoxy) is 1. The van der Waals surface area contributed by atoms with Crippen LogP contribution in [0.4, 0.5) is 0 Å². The van der Waals surface area contributed by atoms with E-state index in [0.717, 1.165) is 22.0 Å². The largest absolute Gasteiger partial charge is 0.497 e. The van der Waals surface area contributed by atoms with Crippen LogP contribution < -0.4 is 4.74 Å². The van der Waals surface area contributed by atoms with Gasteiger partial charge in [-0.15, -0.1) is 0 Å². The molecule has 1 amide bonds. The van der Waals surface area contributed by atoms with Gasteiger partial charge in [0.05, 0.1) is 13.2 Å². The van der Waals surface area contributed by atoms with Crippen LogP contribution in [0.5, 0.6) is 5.75 Å². The van der Waals surface area contributed by atoms with Gasteiger partial charge in [0.15, 0.2) is 0 Å². The molecular weight excluding hydrogens is 372 g/mol. The summed E-state index contributed by atoms with van der Waals surface area (Å²) < 4.78 is 5.33. The molecule has 0 saturated carbocycles. The molecule has 0 radical (unpaired) electrons. The topological polar surface area (TPSA) is 45.3 Å². The third-order valence-electron chi connectivity index (χ3n) is 5.54. The lowest BCUT2D eigenvalue weighted by atomic mass is 9.95. The van der Waals surface area contributed by atoms with Gasteiger partial charge in [-0.2, -0.15) is 0 Å². The van der Waals surface area contributed by atoms with Crippen molar-refractivity contribution in [2.24, 2.45) is 0 Å². The Labute approximate surface area is 177 Å². The van der Waals surface area contributed by atoms with Gasteiger partial charge in [0, 0.05) is 34.8 Å². The van der Waals surface area contributed by atoms with Crippen LogP contribution in [0.3, 0.4) is 0 Å². The fraction of sp³-hybridized carbons (Fsp3) is 0.192. The highest BCUT2D eigenvalue weighted by Gasteiger charge is 2.28. The number of carbonyl (C=O) groups is 1. The fourth-order valence-electron chi connectivity index (χ4n) is 3.96. The number of aromatic amines is 1. The zero-order valence-electron chi connectivity index (χ0n) is 17.6. The van der Waals surface area contributed by atoms with Crippen LogP contribution in [0.1, 0.15) is 40.0 Å². The van der Waals surface area contributed by atoms with E-state index in [-0.39, 0.29) is 11.9 Å². The van der Waals surface area contributed by atoms with E-state index in [0.29, 0.717) is 17.9 Å². The van der Waals surface area contributed by atoms with E-state index >= 15 is 0 Å². The second-order valence-corrected chi connectivity index (χ2v) is 7.43. The lowest BCUT2D eigenvalue weighted by Gasteiger charge is -2.32. The molecule has 4 nitrogen and oxygen atoms in total. The van der Waals surface area contributed by atoms with Crippen molar-refractivity contribution in [1.29, 1.82) is 0 Å². The molecule has 4 rings (SSSR count). The Balaban J connectivity index is 1.85. The van der Waals surface area contributed by atoms with Gasteiger partial charge in [-0.05, 0) is 43.7 Å². The first-order chi connectivity index (χ1) is 14.6. The minimum absolute atomic E-state index is 0.0211. The number of para-hydroxylation sites is 1. The Morgan fingerprint density at radius 1 is 1.03 bits per heavy atom. The summed E-state index contributed by atoms with van der Waals surface area (Å²) in [5, 5.41) is 1.12. The summed E-state index contributed by atoms with van der Waals surface area (Å²) in [7, 11) is 1.61. The molecule has 0 fully saturated rings. The summed E-state index contributed by atoms with van der Waals surface area (Å²) in [5.74, 6) is 0.656. The highest BCUT2D eigenvalue weighted by atomic mass is 16.5. The number of aryl methyl sites for hydroxylation is 1. The molecular formula is C26H26N2O2. The molecule has 1 N–H and O–H groups in total. The van der Waals surface area contributed by atoms with Gasteiger partial charge in [0.1, 0.15) is 5.75 Å². The first kappa shape index (κ1) is 19.8. The molecule has 0 bridgehead atoms. The maximum atomic E-state index is 13.6. The second-order valence-electron chi connectivity index (χ2n) is 7.43. The molecule has 0 aliphatic rings. The Kier molecular flexibility index (Phi) is 5.57. The minimum Gasteiger partial charge on any atom is -0.497 e.